The van der Waals surface area contributed by atoms with Gasteiger partial charge in [0.15, 0.2) is 0 Å². The van der Waals surface area contributed by atoms with Crippen molar-refractivity contribution < 1.29 is 23.0 Å². The van der Waals surface area contributed by atoms with Crippen LogP contribution in [-0.2, 0) is 24.1 Å². The fourth-order valence-electron chi connectivity index (χ4n) is 5.45. The van der Waals surface area contributed by atoms with E-state index in [-0.39, 0.29) is 17.7 Å². The highest BCUT2D eigenvalue weighted by atomic mass is 19.1. The minimum absolute atomic E-state index is 0.0149. The first kappa shape index (κ1) is 27.5. The number of halogens is 3. The van der Waals surface area contributed by atoms with Gasteiger partial charge in [-0.3, -0.25) is 9.88 Å². The summed E-state index contributed by atoms with van der Waals surface area (Å²) in [5.74, 6) is -2.45. The molecular formula is C29H34F3N5O2. The van der Waals surface area contributed by atoms with E-state index >= 15 is 8.78 Å². The molecule has 2 aliphatic heterocycles. The van der Waals surface area contributed by atoms with Crippen molar-refractivity contribution in [2.24, 2.45) is 11.7 Å². The standard InChI is InChI=1S/C29H34F3N5O2/c1-18-15-37(17-25(33)29(18)38)26-6-7-34-14-20(26)2-3-21-4-5-22(30)28(35-21)27-23(31)12-19(13-24(27)32)16-36-8-10-39-11-9-36/h4-7,12-14,18,25,29,38H,2-3,8-11,15-17,33H2,1H3/t18-,25+,29+/m0/s1. The second kappa shape index (κ2) is 12.0. The number of rotatable bonds is 7. The molecule has 3 aromatic rings. The van der Waals surface area contributed by atoms with E-state index in [9.17, 15) is 9.50 Å². The highest BCUT2D eigenvalue weighted by Crippen LogP contribution is 2.30. The number of aliphatic hydroxyl groups excluding tert-OH is 1. The molecule has 3 N–H and O–H groups in total. The smallest absolute Gasteiger partial charge is 0.149 e. The molecule has 39 heavy (non-hydrogen) atoms. The van der Waals surface area contributed by atoms with Gasteiger partial charge in [-0.25, -0.2) is 18.2 Å². The average molecular weight is 542 g/mol. The predicted molar refractivity (Wildman–Crippen MR) is 143 cm³/mol. The first-order valence-electron chi connectivity index (χ1n) is 13.4. The van der Waals surface area contributed by atoms with Crippen LogP contribution >= 0.6 is 0 Å². The van der Waals surface area contributed by atoms with Gasteiger partial charge in [0.25, 0.3) is 0 Å². The van der Waals surface area contributed by atoms with E-state index in [0.717, 1.165) is 11.3 Å². The molecule has 2 saturated heterocycles. The number of benzene rings is 1. The third-order valence-corrected chi connectivity index (χ3v) is 7.58. The van der Waals surface area contributed by atoms with Crippen molar-refractivity contribution in [3.8, 4) is 11.3 Å². The Balaban J connectivity index is 1.34. The monoisotopic (exact) mass is 541 g/mol. The van der Waals surface area contributed by atoms with Crippen molar-refractivity contribution in [3.63, 3.8) is 0 Å². The van der Waals surface area contributed by atoms with Crippen molar-refractivity contribution in [3.05, 3.63) is 77.0 Å². The number of ether oxygens (including phenoxy) is 1. The van der Waals surface area contributed by atoms with Crippen LogP contribution in [0.5, 0.6) is 0 Å². The first-order valence-corrected chi connectivity index (χ1v) is 13.4. The zero-order chi connectivity index (χ0) is 27.5. The number of aromatic nitrogens is 2. The van der Waals surface area contributed by atoms with Crippen molar-refractivity contribution in [1.29, 1.82) is 0 Å². The summed E-state index contributed by atoms with van der Waals surface area (Å²) < 4.78 is 50.4. The van der Waals surface area contributed by atoms with Gasteiger partial charge in [-0.1, -0.05) is 6.92 Å². The van der Waals surface area contributed by atoms with Crippen LogP contribution in [0.1, 0.15) is 23.7 Å². The van der Waals surface area contributed by atoms with Crippen molar-refractivity contribution >= 4 is 5.69 Å². The summed E-state index contributed by atoms with van der Waals surface area (Å²) in [7, 11) is 0. The fourth-order valence-corrected chi connectivity index (χ4v) is 5.45. The molecule has 0 radical (unpaired) electrons. The third-order valence-electron chi connectivity index (χ3n) is 7.58. The Hall–Kier alpha value is -3.05. The zero-order valence-electron chi connectivity index (χ0n) is 22.0. The quantitative estimate of drug-likeness (QED) is 0.475. The molecule has 0 aliphatic carbocycles. The van der Waals surface area contributed by atoms with E-state index in [2.05, 4.69) is 19.8 Å². The van der Waals surface area contributed by atoms with Gasteiger partial charge in [0.2, 0.25) is 0 Å². The van der Waals surface area contributed by atoms with Crippen LogP contribution < -0.4 is 10.6 Å². The highest BCUT2D eigenvalue weighted by molar-refractivity contribution is 5.62. The Morgan fingerprint density at radius 2 is 1.77 bits per heavy atom. The lowest BCUT2D eigenvalue weighted by atomic mass is 9.92. The van der Waals surface area contributed by atoms with E-state index in [1.807, 2.05) is 13.0 Å². The number of aryl methyl sites for hydroxylation is 2. The van der Waals surface area contributed by atoms with Gasteiger partial charge in [-0.05, 0) is 54.3 Å². The van der Waals surface area contributed by atoms with Gasteiger partial charge in [-0.15, -0.1) is 0 Å². The molecule has 2 aliphatic rings. The normalized spacial score (nSPS) is 22.3. The maximum absolute atomic E-state index is 15.1. The maximum atomic E-state index is 15.1. The van der Waals surface area contributed by atoms with Crippen LogP contribution in [0.25, 0.3) is 11.3 Å². The second-order valence-electron chi connectivity index (χ2n) is 10.5. The van der Waals surface area contributed by atoms with Gasteiger partial charge in [0.1, 0.15) is 23.1 Å². The Bertz CT molecular complexity index is 1270. The number of hydrogen-bond acceptors (Lipinski definition) is 7. The number of anilines is 1. The SMILES string of the molecule is C[C@H]1CN(c2ccncc2CCc2ccc(F)c(-c3c(F)cc(CN4CCOCC4)cc3F)n2)C[C@@H](N)[C@@H]1O. The lowest BCUT2D eigenvalue weighted by Crippen LogP contribution is -2.55. The first-order chi connectivity index (χ1) is 18.8. The van der Waals surface area contributed by atoms with Crippen LogP contribution in [0.4, 0.5) is 18.9 Å². The highest BCUT2D eigenvalue weighted by Gasteiger charge is 2.31. The molecule has 3 atom stereocenters. The number of piperidine rings is 1. The van der Waals surface area contributed by atoms with E-state index in [1.54, 1.807) is 12.4 Å². The van der Waals surface area contributed by atoms with E-state index in [1.165, 1.54) is 24.3 Å². The van der Waals surface area contributed by atoms with Crippen LogP contribution in [0.15, 0.2) is 42.7 Å². The van der Waals surface area contributed by atoms with E-state index < -0.39 is 29.1 Å². The number of nitrogens with two attached hydrogens (primary N) is 1. The topological polar surface area (TPSA) is 87.7 Å². The van der Waals surface area contributed by atoms with Crippen LogP contribution in [0, 0.1) is 23.4 Å². The van der Waals surface area contributed by atoms with Crippen molar-refractivity contribution in [2.45, 2.75) is 38.5 Å². The number of morpholine rings is 1. The summed E-state index contributed by atoms with van der Waals surface area (Å²) in [4.78, 5) is 12.8. The van der Waals surface area contributed by atoms with Gasteiger partial charge in [0.05, 0.1) is 24.9 Å². The van der Waals surface area contributed by atoms with E-state index in [0.29, 0.717) is 70.0 Å². The Morgan fingerprint density at radius 1 is 1.03 bits per heavy atom. The zero-order valence-corrected chi connectivity index (χ0v) is 22.0. The van der Waals surface area contributed by atoms with Crippen LogP contribution in [0.2, 0.25) is 0 Å². The molecule has 208 valence electrons. The lowest BCUT2D eigenvalue weighted by molar-refractivity contribution is 0.0341. The molecule has 7 nitrogen and oxygen atoms in total. The van der Waals surface area contributed by atoms with Gasteiger partial charge < -0.3 is 20.5 Å². The molecule has 5 rings (SSSR count). The largest absolute Gasteiger partial charge is 0.391 e. The Morgan fingerprint density at radius 3 is 2.49 bits per heavy atom. The van der Waals surface area contributed by atoms with Crippen molar-refractivity contribution in [2.75, 3.05) is 44.3 Å². The van der Waals surface area contributed by atoms with Crippen molar-refractivity contribution in [1.82, 2.24) is 14.9 Å². The molecule has 0 saturated carbocycles. The fraction of sp³-hybridized carbons (Fsp3) is 0.448. The number of nitrogens with zero attached hydrogens (tertiary/aromatic N) is 4. The summed E-state index contributed by atoms with van der Waals surface area (Å²) in [6.45, 7) is 6.07. The minimum atomic E-state index is -0.839. The summed E-state index contributed by atoms with van der Waals surface area (Å²) in [5.41, 5.74) is 8.27. The molecule has 4 heterocycles. The molecule has 0 spiro atoms. The number of hydrogen-bond donors (Lipinski definition) is 2. The molecule has 0 amide bonds. The van der Waals surface area contributed by atoms with Gasteiger partial charge in [-0.2, -0.15) is 0 Å². The summed E-state index contributed by atoms with van der Waals surface area (Å²) >= 11 is 0. The van der Waals surface area contributed by atoms with Gasteiger partial charge in [0, 0.05) is 68.5 Å². The third kappa shape index (κ3) is 6.24. The van der Waals surface area contributed by atoms with Crippen LogP contribution in [-0.4, -0.2) is 71.5 Å². The summed E-state index contributed by atoms with van der Waals surface area (Å²) in [6.07, 6.45) is 3.88. The number of pyridine rings is 2. The molecule has 2 fully saturated rings. The minimum Gasteiger partial charge on any atom is -0.391 e. The second-order valence-corrected chi connectivity index (χ2v) is 10.5. The van der Waals surface area contributed by atoms with E-state index in [4.69, 9.17) is 10.5 Å². The van der Waals surface area contributed by atoms with Gasteiger partial charge >= 0.3 is 0 Å². The summed E-state index contributed by atoms with van der Waals surface area (Å²) in [5, 5.41) is 10.2. The van der Waals surface area contributed by atoms with Crippen LogP contribution in [0.3, 0.4) is 0 Å². The Kier molecular flexibility index (Phi) is 8.46. The molecule has 0 bridgehead atoms. The molecule has 10 heteroatoms. The lowest BCUT2D eigenvalue weighted by Gasteiger charge is -2.40. The Labute approximate surface area is 226 Å². The summed E-state index contributed by atoms with van der Waals surface area (Å²) in [6, 6.07) is 6.80. The molecule has 2 aromatic heterocycles. The average Bonchev–Trinajstić information content (AvgIpc) is 2.92. The number of aliphatic hydroxyl groups is 1. The predicted octanol–water partition coefficient (Wildman–Crippen LogP) is 3.32. The maximum Gasteiger partial charge on any atom is 0.149 e. The molecular weight excluding hydrogens is 507 g/mol. The molecule has 1 aromatic carbocycles. The molecule has 0 unspecified atom stereocenters.